The number of hydrogen-bond acceptors (Lipinski definition) is 2. The van der Waals surface area contributed by atoms with Crippen LogP contribution in [0.25, 0.3) is 0 Å². The fourth-order valence-corrected chi connectivity index (χ4v) is 2.15. The molecule has 0 heterocycles. The Morgan fingerprint density at radius 3 is 2.88 bits per heavy atom. The van der Waals surface area contributed by atoms with Crippen LogP contribution in [0.5, 0.6) is 0 Å². The highest BCUT2D eigenvalue weighted by atomic mass is 127. The molecule has 1 aromatic rings. The van der Waals surface area contributed by atoms with Crippen molar-refractivity contribution in [1.82, 2.24) is 5.32 Å². The fraction of sp³-hybridized carbons (Fsp3) is 0.364. The van der Waals surface area contributed by atoms with E-state index >= 15 is 0 Å². The minimum atomic E-state index is -0.364. The molecule has 6 heteroatoms. The van der Waals surface area contributed by atoms with Gasteiger partial charge in [-0.05, 0) is 40.8 Å². The van der Waals surface area contributed by atoms with Gasteiger partial charge in [-0.1, -0.05) is 0 Å². The summed E-state index contributed by atoms with van der Waals surface area (Å²) < 4.78 is 18.4. The van der Waals surface area contributed by atoms with Gasteiger partial charge >= 0.3 is 0 Å². The predicted octanol–water partition coefficient (Wildman–Crippen LogP) is 2.41. The molecule has 3 nitrogen and oxygen atoms in total. The zero-order chi connectivity index (χ0) is 12.8. The third-order valence-electron chi connectivity index (χ3n) is 2.07. The smallest absolute Gasteiger partial charge is 0.252 e. The van der Waals surface area contributed by atoms with Gasteiger partial charge in [-0.3, -0.25) is 4.79 Å². The van der Waals surface area contributed by atoms with E-state index in [-0.39, 0.29) is 23.6 Å². The molecule has 1 rings (SSSR count). The summed E-state index contributed by atoms with van der Waals surface area (Å²) in [5.74, 6) is -0.383. The van der Waals surface area contributed by atoms with Crippen molar-refractivity contribution in [3.8, 4) is 0 Å². The Morgan fingerprint density at radius 1 is 1.65 bits per heavy atom. The Hall–Kier alpha value is -0.400. The number of benzene rings is 1. The van der Waals surface area contributed by atoms with Crippen molar-refractivity contribution >= 4 is 40.1 Å². The van der Waals surface area contributed by atoms with Gasteiger partial charge in [-0.25, -0.2) is 4.39 Å². The largest absolute Gasteiger partial charge is 0.383 e. The number of hydrogen-bond donors (Lipinski definition) is 1. The molecule has 94 valence electrons. The standard InChI is InChI=1S/C11H12ClFINO2/c1-17-6-8(5-12)15-11(16)9-3-2-7(13)4-10(9)14/h2-4,8H,5-6H2,1H3,(H,15,16). The maximum atomic E-state index is 12.9. The van der Waals surface area contributed by atoms with Crippen LogP contribution in [0, 0.1) is 9.39 Å². The summed E-state index contributed by atoms with van der Waals surface area (Å²) in [6.45, 7) is 0.340. The van der Waals surface area contributed by atoms with Crippen molar-refractivity contribution < 1.29 is 13.9 Å². The van der Waals surface area contributed by atoms with E-state index in [1.807, 2.05) is 22.6 Å². The van der Waals surface area contributed by atoms with E-state index in [9.17, 15) is 9.18 Å². The van der Waals surface area contributed by atoms with Gasteiger partial charge in [0.1, 0.15) is 5.82 Å². The van der Waals surface area contributed by atoms with Crippen LogP contribution in [0.1, 0.15) is 10.4 Å². The third kappa shape index (κ3) is 4.40. The van der Waals surface area contributed by atoms with Gasteiger partial charge in [0.05, 0.1) is 18.2 Å². The van der Waals surface area contributed by atoms with Gasteiger partial charge < -0.3 is 10.1 Å². The van der Waals surface area contributed by atoms with E-state index in [0.717, 1.165) is 0 Å². The second-order valence-corrected chi connectivity index (χ2v) is 4.87. The number of methoxy groups -OCH3 is 1. The summed E-state index contributed by atoms with van der Waals surface area (Å²) in [5.41, 5.74) is 0.429. The number of amides is 1. The van der Waals surface area contributed by atoms with E-state index in [0.29, 0.717) is 15.7 Å². The molecule has 0 saturated heterocycles. The lowest BCUT2D eigenvalue weighted by atomic mass is 10.2. The molecular formula is C11H12ClFINO2. The average molecular weight is 372 g/mol. The first kappa shape index (κ1) is 14.7. The molecule has 1 N–H and O–H groups in total. The topological polar surface area (TPSA) is 38.3 Å². The second kappa shape index (κ2) is 7.13. The van der Waals surface area contributed by atoms with Crippen molar-refractivity contribution in [2.45, 2.75) is 6.04 Å². The minimum Gasteiger partial charge on any atom is -0.383 e. The van der Waals surface area contributed by atoms with Crippen LogP contribution in [0.3, 0.4) is 0 Å². The molecule has 1 amide bonds. The van der Waals surface area contributed by atoms with Crippen molar-refractivity contribution in [3.63, 3.8) is 0 Å². The zero-order valence-corrected chi connectivity index (χ0v) is 12.1. The molecule has 0 aliphatic heterocycles. The molecule has 0 spiro atoms. The number of alkyl halides is 1. The first-order valence-electron chi connectivity index (χ1n) is 4.89. The Bertz CT molecular complexity index is 403. The number of carbonyl (C=O) groups is 1. The molecule has 17 heavy (non-hydrogen) atoms. The number of ether oxygens (including phenoxy) is 1. The lowest BCUT2D eigenvalue weighted by molar-refractivity contribution is 0.0906. The summed E-state index contributed by atoms with van der Waals surface area (Å²) in [6.07, 6.45) is 0. The Balaban J connectivity index is 2.75. The molecule has 0 aliphatic carbocycles. The molecular weight excluding hydrogens is 359 g/mol. The van der Waals surface area contributed by atoms with Crippen LogP contribution >= 0.6 is 34.2 Å². The highest BCUT2D eigenvalue weighted by Crippen LogP contribution is 2.14. The minimum absolute atomic E-state index is 0.255. The summed E-state index contributed by atoms with van der Waals surface area (Å²) in [4.78, 5) is 11.9. The van der Waals surface area contributed by atoms with Crippen molar-refractivity contribution in [2.75, 3.05) is 19.6 Å². The first-order valence-corrected chi connectivity index (χ1v) is 6.50. The van der Waals surface area contributed by atoms with E-state index in [2.05, 4.69) is 5.32 Å². The van der Waals surface area contributed by atoms with Crippen LogP contribution in [0.15, 0.2) is 18.2 Å². The van der Waals surface area contributed by atoms with Crippen LogP contribution in [-0.4, -0.2) is 31.5 Å². The molecule has 0 aliphatic rings. The van der Waals surface area contributed by atoms with Gasteiger partial charge in [-0.15, -0.1) is 11.6 Å². The van der Waals surface area contributed by atoms with Gasteiger partial charge in [-0.2, -0.15) is 0 Å². The van der Waals surface area contributed by atoms with Crippen LogP contribution in [0.2, 0.25) is 0 Å². The van der Waals surface area contributed by atoms with E-state index in [1.54, 1.807) is 0 Å². The molecule has 1 atom stereocenters. The van der Waals surface area contributed by atoms with Crippen LogP contribution in [-0.2, 0) is 4.74 Å². The normalized spacial score (nSPS) is 12.2. The van der Waals surface area contributed by atoms with E-state index < -0.39 is 0 Å². The monoisotopic (exact) mass is 371 g/mol. The zero-order valence-electron chi connectivity index (χ0n) is 9.17. The lowest BCUT2D eigenvalue weighted by Gasteiger charge is -2.15. The van der Waals surface area contributed by atoms with Crippen molar-refractivity contribution in [1.29, 1.82) is 0 Å². The number of carbonyl (C=O) groups excluding carboxylic acids is 1. The number of rotatable bonds is 5. The summed E-state index contributed by atoms with van der Waals surface area (Å²) in [5, 5.41) is 2.72. The first-order chi connectivity index (χ1) is 8.08. The average Bonchev–Trinajstić information content (AvgIpc) is 2.28. The Kier molecular flexibility index (Phi) is 6.15. The number of halogens is 3. The van der Waals surface area contributed by atoms with Gasteiger partial charge in [0.15, 0.2) is 0 Å². The molecule has 0 fully saturated rings. The van der Waals surface area contributed by atoms with Crippen LogP contribution < -0.4 is 5.32 Å². The quantitative estimate of drug-likeness (QED) is 0.638. The highest BCUT2D eigenvalue weighted by Gasteiger charge is 2.15. The SMILES string of the molecule is COCC(CCl)NC(=O)c1ccc(F)cc1I. The Labute approximate surface area is 118 Å². The lowest BCUT2D eigenvalue weighted by Crippen LogP contribution is -2.39. The van der Waals surface area contributed by atoms with E-state index in [1.165, 1.54) is 25.3 Å². The summed E-state index contributed by atoms with van der Waals surface area (Å²) in [7, 11) is 1.54. The molecule has 0 radical (unpaired) electrons. The van der Waals surface area contributed by atoms with E-state index in [4.69, 9.17) is 16.3 Å². The predicted molar refractivity (Wildman–Crippen MR) is 73.0 cm³/mol. The Morgan fingerprint density at radius 2 is 2.35 bits per heavy atom. The van der Waals surface area contributed by atoms with Crippen molar-refractivity contribution in [2.24, 2.45) is 0 Å². The summed E-state index contributed by atoms with van der Waals surface area (Å²) in [6, 6.07) is 3.75. The summed E-state index contributed by atoms with van der Waals surface area (Å²) >= 11 is 7.60. The highest BCUT2D eigenvalue weighted by molar-refractivity contribution is 14.1. The van der Waals surface area contributed by atoms with Crippen LogP contribution in [0.4, 0.5) is 4.39 Å². The maximum Gasteiger partial charge on any atom is 0.252 e. The molecule has 0 aromatic heterocycles. The molecule has 1 unspecified atom stereocenters. The van der Waals surface area contributed by atoms with Gasteiger partial charge in [0.25, 0.3) is 5.91 Å². The van der Waals surface area contributed by atoms with Gasteiger partial charge in [0.2, 0.25) is 0 Å². The third-order valence-corrected chi connectivity index (χ3v) is 3.33. The second-order valence-electron chi connectivity index (χ2n) is 3.40. The molecule has 1 aromatic carbocycles. The van der Waals surface area contributed by atoms with Crippen molar-refractivity contribution in [3.05, 3.63) is 33.1 Å². The molecule has 0 saturated carbocycles. The maximum absolute atomic E-state index is 12.9. The number of nitrogens with one attached hydrogen (secondary N) is 1. The van der Waals surface area contributed by atoms with Gasteiger partial charge in [0, 0.05) is 16.6 Å². The molecule has 0 bridgehead atoms. The fourth-order valence-electron chi connectivity index (χ4n) is 1.26.